The predicted octanol–water partition coefficient (Wildman–Crippen LogP) is 5.40. The van der Waals surface area contributed by atoms with Crippen LogP contribution in [0.4, 0.5) is 11.6 Å². The van der Waals surface area contributed by atoms with Crippen molar-refractivity contribution in [1.82, 2.24) is 0 Å². The summed E-state index contributed by atoms with van der Waals surface area (Å²) < 4.78 is 17.1. The third-order valence-corrected chi connectivity index (χ3v) is 4.62. The molecule has 0 aliphatic carbocycles. The number of aryl methyl sites for hydroxylation is 1. The van der Waals surface area contributed by atoms with Gasteiger partial charge in [0.2, 0.25) is 5.88 Å². The first-order valence-corrected chi connectivity index (χ1v) is 9.60. The van der Waals surface area contributed by atoms with Crippen LogP contribution in [-0.2, 0) is 6.61 Å². The van der Waals surface area contributed by atoms with Gasteiger partial charge in [0.25, 0.3) is 5.69 Å². The van der Waals surface area contributed by atoms with E-state index >= 15 is 0 Å². The summed E-state index contributed by atoms with van der Waals surface area (Å²) in [4.78, 5) is 14.6. The summed E-state index contributed by atoms with van der Waals surface area (Å²) in [7, 11) is 0. The van der Waals surface area contributed by atoms with Crippen LogP contribution in [0, 0.1) is 35.3 Å². The maximum absolute atomic E-state index is 10.8. The zero-order chi connectivity index (χ0) is 22.4. The van der Waals surface area contributed by atoms with Crippen LogP contribution in [0.25, 0.3) is 0 Å². The summed E-state index contributed by atoms with van der Waals surface area (Å²) in [5.41, 5.74) is 2.78. The van der Waals surface area contributed by atoms with Gasteiger partial charge in [-0.3, -0.25) is 10.1 Å². The Morgan fingerprint density at radius 3 is 2.55 bits per heavy atom. The SMILES string of the molecule is CCOc1cc(C=Nc2oc(C)c(C)c2C#N)ccc1OCc1ccc([N+](=O)[O-])cc1. The van der Waals surface area contributed by atoms with Crippen LogP contribution in [0.1, 0.15) is 34.9 Å². The summed E-state index contributed by atoms with van der Waals surface area (Å²) in [5.74, 6) is 2.02. The van der Waals surface area contributed by atoms with Crippen LogP contribution < -0.4 is 9.47 Å². The average molecular weight is 419 g/mol. The highest BCUT2D eigenvalue weighted by Gasteiger charge is 2.13. The fourth-order valence-electron chi connectivity index (χ4n) is 2.83. The lowest BCUT2D eigenvalue weighted by atomic mass is 10.2. The number of nitriles is 1. The van der Waals surface area contributed by atoms with Crippen LogP contribution >= 0.6 is 0 Å². The van der Waals surface area contributed by atoms with Crippen molar-refractivity contribution >= 4 is 17.8 Å². The smallest absolute Gasteiger partial charge is 0.269 e. The monoisotopic (exact) mass is 419 g/mol. The third kappa shape index (κ3) is 5.08. The molecular formula is C23H21N3O5. The first-order valence-electron chi connectivity index (χ1n) is 9.60. The van der Waals surface area contributed by atoms with E-state index in [1.807, 2.05) is 19.9 Å². The van der Waals surface area contributed by atoms with E-state index < -0.39 is 4.92 Å². The molecule has 8 nitrogen and oxygen atoms in total. The van der Waals surface area contributed by atoms with Crippen molar-refractivity contribution in [3.63, 3.8) is 0 Å². The van der Waals surface area contributed by atoms with Gasteiger partial charge in [0, 0.05) is 23.9 Å². The van der Waals surface area contributed by atoms with Crippen LogP contribution in [0.5, 0.6) is 11.5 Å². The van der Waals surface area contributed by atoms with Gasteiger partial charge >= 0.3 is 0 Å². The first kappa shape index (κ1) is 21.6. The lowest BCUT2D eigenvalue weighted by Gasteiger charge is -2.12. The second kappa shape index (κ2) is 9.59. The highest BCUT2D eigenvalue weighted by Crippen LogP contribution is 2.31. The molecule has 0 aliphatic rings. The molecule has 2 aromatic carbocycles. The molecule has 1 heterocycles. The Morgan fingerprint density at radius 2 is 1.90 bits per heavy atom. The average Bonchev–Trinajstić information content (AvgIpc) is 3.04. The molecule has 0 fully saturated rings. The number of nitro groups is 1. The van der Waals surface area contributed by atoms with Crippen molar-refractivity contribution in [1.29, 1.82) is 5.26 Å². The Kier molecular flexibility index (Phi) is 6.67. The molecule has 0 radical (unpaired) electrons. The Hall–Kier alpha value is -4.12. The minimum absolute atomic E-state index is 0.0314. The molecule has 3 aromatic rings. The molecule has 0 saturated heterocycles. The van der Waals surface area contributed by atoms with Gasteiger partial charge in [-0.1, -0.05) is 0 Å². The van der Waals surface area contributed by atoms with Crippen LogP contribution in [0.2, 0.25) is 0 Å². The number of aliphatic imine (C=N–C) groups is 1. The maximum Gasteiger partial charge on any atom is 0.269 e. The van der Waals surface area contributed by atoms with Gasteiger partial charge < -0.3 is 13.9 Å². The van der Waals surface area contributed by atoms with Crippen molar-refractivity contribution in [3.05, 3.63) is 80.6 Å². The van der Waals surface area contributed by atoms with Gasteiger partial charge in [0.05, 0.1) is 11.5 Å². The number of rotatable bonds is 8. The van der Waals surface area contributed by atoms with E-state index in [9.17, 15) is 15.4 Å². The van der Waals surface area contributed by atoms with E-state index in [0.717, 1.165) is 16.7 Å². The number of nitrogens with zero attached hydrogens (tertiary/aromatic N) is 3. The molecule has 3 rings (SSSR count). The lowest BCUT2D eigenvalue weighted by Crippen LogP contribution is -2.00. The fraction of sp³-hybridized carbons (Fsp3) is 0.217. The van der Waals surface area contributed by atoms with Gasteiger partial charge in [-0.15, -0.1) is 0 Å². The second-order valence-electron chi connectivity index (χ2n) is 6.68. The summed E-state index contributed by atoms with van der Waals surface area (Å²) in [6, 6.07) is 13.7. The largest absolute Gasteiger partial charge is 0.490 e. The van der Waals surface area contributed by atoms with E-state index in [-0.39, 0.29) is 18.2 Å². The number of hydrogen-bond acceptors (Lipinski definition) is 7. The Morgan fingerprint density at radius 1 is 1.16 bits per heavy atom. The van der Waals surface area contributed by atoms with Crippen molar-refractivity contribution < 1.29 is 18.8 Å². The molecular weight excluding hydrogens is 398 g/mol. The second-order valence-corrected chi connectivity index (χ2v) is 6.68. The van der Waals surface area contributed by atoms with Crippen molar-refractivity contribution in [2.75, 3.05) is 6.61 Å². The summed E-state index contributed by atoms with van der Waals surface area (Å²) in [5, 5.41) is 20.1. The number of nitro benzene ring substituents is 1. The Bertz CT molecular complexity index is 1160. The van der Waals surface area contributed by atoms with Gasteiger partial charge in [-0.05, 0) is 62.2 Å². The van der Waals surface area contributed by atoms with Gasteiger partial charge in [-0.2, -0.15) is 5.26 Å². The van der Waals surface area contributed by atoms with E-state index in [1.165, 1.54) is 12.1 Å². The van der Waals surface area contributed by atoms with Crippen molar-refractivity contribution in [2.45, 2.75) is 27.4 Å². The zero-order valence-electron chi connectivity index (χ0n) is 17.4. The molecule has 0 aliphatic heterocycles. The van der Waals surface area contributed by atoms with E-state index in [0.29, 0.717) is 29.4 Å². The quantitative estimate of drug-likeness (QED) is 0.274. The first-order chi connectivity index (χ1) is 14.9. The molecule has 8 heteroatoms. The van der Waals surface area contributed by atoms with Gasteiger partial charge in [0.1, 0.15) is 24.0 Å². The molecule has 0 bridgehead atoms. The minimum atomic E-state index is -0.441. The zero-order valence-corrected chi connectivity index (χ0v) is 17.4. The number of furan rings is 1. The fourth-order valence-corrected chi connectivity index (χ4v) is 2.83. The van der Waals surface area contributed by atoms with Crippen LogP contribution in [0.3, 0.4) is 0 Å². The number of ether oxygens (including phenoxy) is 2. The molecule has 0 spiro atoms. The minimum Gasteiger partial charge on any atom is -0.490 e. The van der Waals surface area contributed by atoms with Gasteiger partial charge in [0.15, 0.2) is 11.5 Å². The Labute approximate surface area is 179 Å². The van der Waals surface area contributed by atoms with Gasteiger partial charge in [-0.25, -0.2) is 4.99 Å². The predicted molar refractivity (Wildman–Crippen MR) is 115 cm³/mol. The van der Waals surface area contributed by atoms with E-state index in [2.05, 4.69) is 11.1 Å². The van der Waals surface area contributed by atoms with Crippen molar-refractivity contribution in [2.24, 2.45) is 4.99 Å². The molecule has 0 atom stereocenters. The molecule has 0 N–H and O–H groups in total. The molecule has 0 unspecified atom stereocenters. The van der Waals surface area contributed by atoms with E-state index in [1.54, 1.807) is 37.4 Å². The Balaban J connectivity index is 1.77. The number of non-ortho nitro benzene ring substituents is 1. The number of hydrogen-bond donors (Lipinski definition) is 0. The third-order valence-electron chi connectivity index (χ3n) is 4.62. The molecule has 0 amide bonds. The normalized spacial score (nSPS) is 10.8. The maximum atomic E-state index is 10.8. The highest BCUT2D eigenvalue weighted by atomic mass is 16.6. The summed E-state index contributed by atoms with van der Waals surface area (Å²) in [6.45, 7) is 6.17. The highest BCUT2D eigenvalue weighted by molar-refractivity contribution is 5.83. The lowest BCUT2D eigenvalue weighted by molar-refractivity contribution is -0.384. The van der Waals surface area contributed by atoms with Crippen LogP contribution in [0.15, 0.2) is 51.9 Å². The number of benzene rings is 2. The molecule has 0 saturated carbocycles. The van der Waals surface area contributed by atoms with E-state index in [4.69, 9.17) is 13.9 Å². The summed E-state index contributed by atoms with van der Waals surface area (Å²) >= 11 is 0. The molecule has 1 aromatic heterocycles. The van der Waals surface area contributed by atoms with Crippen LogP contribution in [-0.4, -0.2) is 17.7 Å². The molecule has 158 valence electrons. The molecule has 31 heavy (non-hydrogen) atoms. The van der Waals surface area contributed by atoms with Crippen molar-refractivity contribution in [3.8, 4) is 17.6 Å². The standard InChI is InChI=1S/C23H21N3O5/c1-4-29-22-11-18(13-25-23-20(12-24)15(2)16(3)31-23)7-10-21(22)30-14-17-5-8-19(9-6-17)26(27)28/h5-11,13H,4,14H2,1-3H3. The summed E-state index contributed by atoms with van der Waals surface area (Å²) in [6.07, 6.45) is 1.60. The topological polar surface area (TPSA) is 111 Å².